The van der Waals surface area contributed by atoms with Gasteiger partial charge in [0.2, 0.25) is 0 Å². The second-order valence-electron chi connectivity index (χ2n) is 6.17. The van der Waals surface area contributed by atoms with Crippen molar-refractivity contribution in [3.8, 4) is 0 Å². The quantitative estimate of drug-likeness (QED) is 0.831. The SMILES string of the molecule is CC(CNC(=O)c1cc(C(F)(F)F)ccc1F)C(C)(C)C. The molecular formula is C15H19F4NO. The molecule has 0 aliphatic rings. The fraction of sp³-hybridized carbons (Fsp3) is 0.533. The van der Waals surface area contributed by atoms with Crippen molar-refractivity contribution in [3.63, 3.8) is 0 Å². The van der Waals surface area contributed by atoms with Crippen molar-refractivity contribution in [2.75, 3.05) is 6.54 Å². The maximum Gasteiger partial charge on any atom is 0.416 e. The lowest BCUT2D eigenvalue weighted by molar-refractivity contribution is -0.137. The van der Waals surface area contributed by atoms with Crippen LogP contribution in [0.2, 0.25) is 0 Å². The molecule has 0 fully saturated rings. The minimum absolute atomic E-state index is 0.0698. The van der Waals surface area contributed by atoms with E-state index in [-0.39, 0.29) is 17.9 Å². The molecule has 118 valence electrons. The van der Waals surface area contributed by atoms with Crippen LogP contribution in [0.1, 0.15) is 43.6 Å². The molecule has 0 radical (unpaired) electrons. The van der Waals surface area contributed by atoms with E-state index in [4.69, 9.17) is 0 Å². The van der Waals surface area contributed by atoms with E-state index >= 15 is 0 Å². The Morgan fingerprint density at radius 1 is 1.24 bits per heavy atom. The highest BCUT2D eigenvalue weighted by atomic mass is 19.4. The lowest BCUT2D eigenvalue weighted by Crippen LogP contribution is -2.34. The first-order valence-corrected chi connectivity index (χ1v) is 6.58. The van der Waals surface area contributed by atoms with Gasteiger partial charge in [0.25, 0.3) is 5.91 Å². The molecule has 0 spiro atoms. The minimum atomic E-state index is -4.61. The number of carbonyl (C=O) groups excluding carboxylic acids is 1. The molecule has 2 nitrogen and oxygen atoms in total. The molecule has 1 amide bonds. The van der Waals surface area contributed by atoms with E-state index in [1.807, 2.05) is 27.7 Å². The van der Waals surface area contributed by atoms with Gasteiger partial charge in [-0.05, 0) is 29.5 Å². The number of hydrogen-bond acceptors (Lipinski definition) is 1. The first-order valence-electron chi connectivity index (χ1n) is 6.58. The summed E-state index contributed by atoms with van der Waals surface area (Å²) in [5.74, 6) is -1.71. The van der Waals surface area contributed by atoms with Crippen molar-refractivity contribution >= 4 is 5.91 Å². The number of halogens is 4. The molecule has 0 aliphatic heterocycles. The van der Waals surface area contributed by atoms with Gasteiger partial charge in [-0.15, -0.1) is 0 Å². The molecular weight excluding hydrogens is 286 g/mol. The van der Waals surface area contributed by atoms with Crippen molar-refractivity contribution in [2.24, 2.45) is 11.3 Å². The normalized spacial score (nSPS) is 13.9. The monoisotopic (exact) mass is 305 g/mol. The maximum absolute atomic E-state index is 13.5. The summed E-state index contributed by atoms with van der Waals surface area (Å²) in [6.07, 6.45) is -4.61. The molecule has 1 rings (SSSR count). The third-order valence-electron chi connectivity index (χ3n) is 3.59. The molecule has 0 aliphatic carbocycles. The Morgan fingerprint density at radius 2 is 1.81 bits per heavy atom. The molecule has 1 unspecified atom stereocenters. The number of rotatable bonds is 3. The zero-order valence-electron chi connectivity index (χ0n) is 12.4. The first-order chi connectivity index (χ1) is 9.43. The second-order valence-corrected chi connectivity index (χ2v) is 6.17. The molecule has 0 saturated carbocycles. The summed E-state index contributed by atoms with van der Waals surface area (Å²) >= 11 is 0. The van der Waals surface area contributed by atoms with Gasteiger partial charge in [0.1, 0.15) is 5.82 Å². The van der Waals surface area contributed by atoms with Crippen LogP contribution in [0.15, 0.2) is 18.2 Å². The number of carbonyl (C=O) groups is 1. The highest BCUT2D eigenvalue weighted by Crippen LogP contribution is 2.30. The van der Waals surface area contributed by atoms with Gasteiger partial charge in [-0.2, -0.15) is 13.2 Å². The average molecular weight is 305 g/mol. The summed E-state index contributed by atoms with van der Waals surface area (Å²) < 4.78 is 51.3. The summed E-state index contributed by atoms with van der Waals surface area (Å²) in [6.45, 7) is 8.11. The fourth-order valence-electron chi connectivity index (χ4n) is 1.52. The van der Waals surface area contributed by atoms with Crippen LogP contribution in [-0.4, -0.2) is 12.5 Å². The molecule has 1 atom stereocenters. The molecule has 1 N–H and O–H groups in total. The first kappa shape index (κ1) is 17.5. The van der Waals surface area contributed by atoms with Crippen LogP contribution in [0.3, 0.4) is 0 Å². The molecule has 0 saturated heterocycles. The fourth-order valence-corrected chi connectivity index (χ4v) is 1.52. The molecule has 6 heteroatoms. The summed E-state index contributed by atoms with van der Waals surface area (Å²) in [7, 11) is 0. The van der Waals surface area contributed by atoms with Crippen LogP contribution >= 0.6 is 0 Å². The van der Waals surface area contributed by atoms with Gasteiger partial charge >= 0.3 is 6.18 Å². The lowest BCUT2D eigenvalue weighted by Gasteiger charge is -2.27. The van der Waals surface area contributed by atoms with Crippen molar-refractivity contribution in [2.45, 2.75) is 33.9 Å². The number of nitrogens with one attached hydrogen (secondary N) is 1. The van der Waals surface area contributed by atoms with Crippen LogP contribution in [0.25, 0.3) is 0 Å². The topological polar surface area (TPSA) is 29.1 Å². The van der Waals surface area contributed by atoms with E-state index in [2.05, 4.69) is 5.32 Å². The van der Waals surface area contributed by atoms with E-state index < -0.39 is 29.0 Å². The largest absolute Gasteiger partial charge is 0.416 e. The van der Waals surface area contributed by atoms with Crippen molar-refractivity contribution in [1.29, 1.82) is 0 Å². The zero-order valence-corrected chi connectivity index (χ0v) is 12.4. The van der Waals surface area contributed by atoms with E-state index in [9.17, 15) is 22.4 Å². The van der Waals surface area contributed by atoms with E-state index in [1.165, 1.54) is 0 Å². The Bertz CT molecular complexity index is 517. The maximum atomic E-state index is 13.5. The predicted octanol–water partition coefficient (Wildman–Crippen LogP) is 4.26. The molecule has 0 aromatic heterocycles. The summed E-state index contributed by atoms with van der Waals surface area (Å²) in [5.41, 5.74) is -1.71. The van der Waals surface area contributed by atoms with Crippen molar-refractivity contribution in [3.05, 3.63) is 35.1 Å². The lowest BCUT2D eigenvalue weighted by atomic mass is 9.82. The molecule has 0 heterocycles. The van der Waals surface area contributed by atoms with Crippen LogP contribution in [-0.2, 0) is 6.18 Å². The number of amides is 1. The van der Waals surface area contributed by atoms with Gasteiger partial charge < -0.3 is 5.32 Å². The number of benzene rings is 1. The van der Waals surface area contributed by atoms with E-state index in [0.717, 1.165) is 0 Å². The van der Waals surface area contributed by atoms with Gasteiger partial charge in [0, 0.05) is 6.54 Å². The Kier molecular flexibility index (Phi) is 5.02. The second kappa shape index (κ2) is 6.03. The van der Waals surface area contributed by atoms with Gasteiger partial charge in [-0.1, -0.05) is 27.7 Å². The summed E-state index contributed by atoms with van der Waals surface area (Å²) in [5, 5.41) is 2.48. The van der Waals surface area contributed by atoms with Gasteiger partial charge in [0.05, 0.1) is 11.1 Å². The molecule has 21 heavy (non-hydrogen) atoms. The minimum Gasteiger partial charge on any atom is -0.352 e. The summed E-state index contributed by atoms with van der Waals surface area (Å²) in [6, 6.07) is 1.81. The van der Waals surface area contributed by atoms with Crippen molar-refractivity contribution in [1.82, 2.24) is 5.32 Å². The highest BCUT2D eigenvalue weighted by Gasteiger charge is 2.32. The Balaban J connectivity index is 2.88. The Labute approximate surface area is 121 Å². The molecule has 1 aromatic carbocycles. The highest BCUT2D eigenvalue weighted by molar-refractivity contribution is 5.94. The standard InChI is InChI=1S/C15H19F4NO/c1-9(14(2,3)4)8-20-13(21)11-7-10(15(17,18)19)5-6-12(11)16/h5-7,9H,8H2,1-4H3,(H,20,21). The van der Waals surface area contributed by atoms with E-state index in [0.29, 0.717) is 18.2 Å². The Morgan fingerprint density at radius 3 is 2.29 bits per heavy atom. The zero-order chi connectivity index (χ0) is 16.4. The van der Waals surface area contributed by atoms with Crippen LogP contribution < -0.4 is 5.32 Å². The predicted molar refractivity (Wildman–Crippen MR) is 72.4 cm³/mol. The van der Waals surface area contributed by atoms with Crippen LogP contribution in [0.5, 0.6) is 0 Å². The van der Waals surface area contributed by atoms with Crippen LogP contribution in [0, 0.1) is 17.2 Å². The Hall–Kier alpha value is -1.59. The molecule has 1 aromatic rings. The van der Waals surface area contributed by atoms with E-state index in [1.54, 1.807) is 0 Å². The number of alkyl halides is 3. The van der Waals surface area contributed by atoms with Crippen molar-refractivity contribution < 1.29 is 22.4 Å². The third-order valence-corrected chi connectivity index (χ3v) is 3.59. The number of hydrogen-bond donors (Lipinski definition) is 1. The van der Waals surface area contributed by atoms with Gasteiger partial charge in [-0.25, -0.2) is 4.39 Å². The summed E-state index contributed by atoms with van der Waals surface area (Å²) in [4.78, 5) is 11.9. The average Bonchev–Trinajstić information content (AvgIpc) is 2.33. The van der Waals surface area contributed by atoms with Gasteiger partial charge in [0.15, 0.2) is 0 Å². The van der Waals surface area contributed by atoms with Gasteiger partial charge in [-0.3, -0.25) is 4.79 Å². The smallest absolute Gasteiger partial charge is 0.352 e. The third kappa shape index (κ3) is 4.72. The molecule has 0 bridgehead atoms. The van der Waals surface area contributed by atoms with Crippen LogP contribution in [0.4, 0.5) is 17.6 Å².